The van der Waals surface area contributed by atoms with Gasteiger partial charge in [0, 0.05) is 13.0 Å². The zero-order valence-corrected chi connectivity index (χ0v) is 13.7. The predicted octanol–water partition coefficient (Wildman–Crippen LogP) is 2.18. The van der Waals surface area contributed by atoms with Gasteiger partial charge in [0.2, 0.25) is 0 Å². The number of hydrogen-bond acceptors (Lipinski definition) is 5. The van der Waals surface area contributed by atoms with Crippen molar-refractivity contribution in [1.29, 1.82) is 0 Å². The number of hydrogen-bond donors (Lipinski definition) is 1. The molecule has 0 unspecified atom stereocenters. The fourth-order valence-corrected chi connectivity index (χ4v) is 2.70. The van der Waals surface area contributed by atoms with E-state index >= 15 is 0 Å². The average molecular weight is 311 g/mol. The van der Waals surface area contributed by atoms with Crippen LogP contribution >= 0.6 is 11.8 Å². The molecule has 0 bridgehead atoms. The molecule has 0 radical (unpaired) electrons. The highest BCUT2D eigenvalue weighted by Crippen LogP contribution is 2.19. The number of ether oxygens (including phenoxy) is 1. The fraction of sp³-hybridized carbons (Fsp3) is 0.643. The van der Waals surface area contributed by atoms with Gasteiger partial charge in [-0.1, -0.05) is 18.7 Å². The quantitative estimate of drug-likeness (QED) is 0.669. The van der Waals surface area contributed by atoms with Crippen molar-refractivity contribution in [2.45, 2.75) is 51.4 Å². The van der Waals surface area contributed by atoms with E-state index in [9.17, 15) is 9.59 Å². The maximum Gasteiger partial charge on any atom is 0.410 e. The molecule has 7 heteroatoms. The molecule has 1 aromatic rings. The molecule has 1 amide bonds. The van der Waals surface area contributed by atoms with E-state index < -0.39 is 5.60 Å². The maximum atomic E-state index is 12.1. The molecule has 6 nitrogen and oxygen atoms in total. The number of fused-ring (bicyclic) bond motifs is 1. The summed E-state index contributed by atoms with van der Waals surface area (Å²) in [7, 11) is 0. The summed E-state index contributed by atoms with van der Waals surface area (Å²) < 4.78 is 5.34. The third kappa shape index (κ3) is 4.00. The van der Waals surface area contributed by atoms with Gasteiger partial charge < -0.3 is 14.6 Å². The Morgan fingerprint density at radius 3 is 2.81 bits per heavy atom. The second kappa shape index (κ2) is 6.09. The molecular formula is C14H21N3O3S. The molecule has 0 saturated carbocycles. The third-order valence-electron chi connectivity index (χ3n) is 2.98. The maximum absolute atomic E-state index is 12.1. The minimum Gasteiger partial charge on any atom is -0.444 e. The van der Waals surface area contributed by atoms with E-state index in [0.717, 1.165) is 11.4 Å². The second-order valence-corrected chi connectivity index (χ2v) is 7.13. The predicted molar refractivity (Wildman–Crippen MR) is 81.6 cm³/mol. The smallest absolute Gasteiger partial charge is 0.410 e. The van der Waals surface area contributed by atoms with Crippen molar-refractivity contribution in [3.05, 3.63) is 21.6 Å². The Labute approximate surface area is 128 Å². The highest BCUT2D eigenvalue weighted by molar-refractivity contribution is 7.99. The van der Waals surface area contributed by atoms with Gasteiger partial charge in [-0.05, 0) is 26.5 Å². The number of thioether (sulfide) groups is 1. The summed E-state index contributed by atoms with van der Waals surface area (Å²) in [5, 5.41) is 0.645. The van der Waals surface area contributed by atoms with Crippen molar-refractivity contribution in [3.63, 3.8) is 0 Å². The molecule has 0 fully saturated rings. The summed E-state index contributed by atoms with van der Waals surface area (Å²) >= 11 is 1.51. The number of rotatable bonds is 2. The Balaban J connectivity index is 2.17. The zero-order chi connectivity index (χ0) is 15.6. The van der Waals surface area contributed by atoms with E-state index in [2.05, 4.69) is 9.97 Å². The molecule has 2 heterocycles. The van der Waals surface area contributed by atoms with Crippen LogP contribution in [0.3, 0.4) is 0 Å². The lowest BCUT2D eigenvalue weighted by molar-refractivity contribution is 0.0221. The third-order valence-corrected chi connectivity index (χ3v) is 3.74. The van der Waals surface area contributed by atoms with Crippen molar-refractivity contribution in [2.75, 3.05) is 12.3 Å². The van der Waals surface area contributed by atoms with Gasteiger partial charge in [0.1, 0.15) is 5.60 Å². The van der Waals surface area contributed by atoms with Gasteiger partial charge in [0.25, 0.3) is 5.56 Å². The first-order chi connectivity index (χ1) is 9.80. The minimum absolute atomic E-state index is 0.163. The van der Waals surface area contributed by atoms with Gasteiger partial charge in [0.05, 0.1) is 17.8 Å². The summed E-state index contributed by atoms with van der Waals surface area (Å²) in [6.07, 6.45) is 0.190. The Morgan fingerprint density at radius 2 is 2.19 bits per heavy atom. The number of carbonyl (C=O) groups is 1. The van der Waals surface area contributed by atoms with Gasteiger partial charge in [-0.15, -0.1) is 0 Å². The Hall–Kier alpha value is -1.50. The first kappa shape index (κ1) is 15.9. The number of nitrogens with zero attached hydrogens (tertiary/aromatic N) is 2. The Morgan fingerprint density at radius 1 is 1.48 bits per heavy atom. The molecule has 1 aliphatic heterocycles. The normalized spacial score (nSPS) is 14.8. The van der Waals surface area contributed by atoms with Crippen LogP contribution in [0.1, 0.15) is 39.0 Å². The lowest BCUT2D eigenvalue weighted by Gasteiger charge is -2.30. The number of aromatic nitrogens is 2. The van der Waals surface area contributed by atoms with E-state index in [1.807, 2.05) is 27.7 Å². The highest BCUT2D eigenvalue weighted by Gasteiger charge is 2.28. The van der Waals surface area contributed by atoms with Gasteiger partial charge in [-0.25, -0.2) is 9.78 Å². The van der Waals surface area contributed by atoms with Gasteiger partial charge in [-0.2, -0.15) is 0 Å². The standard InChI is InChI=1S/C14H21N3O3S/c1-5-21-12-15-10-6-7-17(8-9(10)11(18)16-12)13(19)20-14(2,3)4/h5-8H2,1-4H3,(H,15,16,18). The van der Waals surface area contributed by atoms with Crippen molar-refractivity contribution < 1.29 is 9.53 Å². The summed E-state index contributed by atoms with van der Waals surface area (Å²) in [5.41, 5.74) is 0.648. The van der Waals surface area contributed by atoms with Crippen LogP contribution in [-0.4, -0.2) is 38.9 Å². The summed E-state index contributed by atoms with van der Waals surface area (Å²) in [4.78, 5) is 33.0. The lowest BCUT2D eigenvalue weighted by Crippen LogP contribution is -2.42. The summed E-state index contributed by atoms with van der Waals surface area (Å²) in [6.45, 7) is 8.26. The van der Waals surface area contributed by atoms with Crippen LogP contribution in [0.4, 0.5) is 4.79 Å². The van der Waals surface area contributed by atoms with Crippen LogP contribution in [-0.2, 0) is 17.7 Å². The molecule has 0 atom stereocenters. The first-order valence-corrected chi connectivity index (χ1v) is 8.01. The van der Waals surface area contributed by atoms with Crippen molar-refractivity contribution in [3.8, 4) is 0 Å². The number of aromatic amines is 1. The fourth-order valence-electron chi connectivity index (χ4n) is 2.09. The summed E-state index contributed by atoms with van der Waals surface area (Å²) in [6, 6.07) is 0. The highest BCUT2D eigenvalue weighted by atomic mass is 32.2. The molecule has 1 N–H and O–H groups in total. The average Bonchev–Trinajstić information content (AvgIpc) is 2.36. The molecule has 2 rings (SSSR count). The molecule has 21 heavy (non-hydrogen) atoms. The number of H-pyrrole nitrogens is 1. The van der Waals surface area contributed by atoms with Gasteiger partial charge in [0.15, 0.2) is 5.16 Å². The number of nitrogens with one attached hydrogen (secondary N) is 1. The van der Waals surface area contributed by atoms with E-state index in [1.165, 1.54) is 11.8 Å². The Kier molecular flexibility index (Phi) is 4.61. The zero-order valence-electron chi connectivity index (χ0n) is 12.9. The van der Waals surface area contributed by atoms with Crippen LogP contribution in [0.5, 0.6) is 0 Å². The van der Waals surface area contributed by atoms with Gasteiger partial charge >= 0.3 is 6.09 Å². The summed E-state index contributed by atoms with van der Waals surface area (Å²) in [5.74, 6) is 0.853. The number of carbonyl (C=O) groups excluding carboxylic acids is 1. The molecule has 1 aliphatic rings. The number of amides is 1. The van der Waals surface area contributed by atoms with E-state index in [1.54, 1.807) is 4.90 Å². The van der Waals surface area contributed by atoms with Crippen molar-refractivity contribution in [2.24, 2.45) is 0 Å². The molecule has 0 spiro atoms. The van der Waals surface area contributed by atoms with Crippen LogP contribution < -0.4 is 5.56 Å². The van der Waals surface area contributed by atoms with E-state index in [-0.39, 0.29) is 18.2 Å². The van der Waals surface area contributed by atoms with Crippen molar-refractivity contribution in [1.82, 2.24) is 14.9 Å². The van der Waals surface area contributed by atoms with Crippen LogP contribution in [0, 0.1) is 0 Å². The van der Waals surface area contributed by atoms with Crippen LogP contribution in [0.15, 0.2) is 9.95 Å². The lowest BCUT2D eigenvalue weighted by atomic mass is 10.1. The van der Waals surface area contributed by atoms with Crippen LogP contribution in [0.2, 0.25) is 0 Å². The molecule has 1 aromatic heterocycles. The van der Waals surface area contributed by atoms with Crippen molar-refractivity contribution >= 4 is 17.9 Å². The topological polar surface area (TPSA) is 75.3 Å². The minimum atomic E-state index is -0.538. The Bertz CT molecular complexity index is 592. The monoisotopic (exact) mass is 311 g/mol. The van der Waals surface area contributed by atoms with E-state index in [0.29, 0.717) is 23.7 Å². The molecule has 116 valence electrons. The SMILES string of the molecule is CCSc1nc2c(c(=O)[nH]1)CN(C(=O)OC(C)(C)C)CC2. The molecular weight excluding hydrogens is 290 g/mol. The second-order valence-electron chi connectivity index (χ2n) is 5.88. The van der Waals surface area contributed by atoms with Gasteiger partial charge in [-0.3, -0.25) is 4.79 Å². The molecule has 0 aromatic carbocycles. The largest absolute Gasteiger partial charge is 0.444 e. The molecule has 0 aliphatic carbocycles. The first-order valence-electron chi connectivity index (χ1n) is 7.03. The van der Waals surface area contributed by atoms with E-state index in [4.69, 9.17) is 4.74 Å². The molecule has 0 saturated heterocycles. The van der Waals surface area contributed by atoms with Crippen LogP contribution in [0.25, 0.3) is 0 Å².